The topological polar surface area (TPSA) is 51.3 Å². The maximum atomic E-state index is 11.7. The number of amides is 1. The molecule has 0 atom stereocenters. The zero-order valence-electron chi connectivity index (χ0n) is 10.8. The number of thiophene rings is 1. The van der Waals surface area contributed by atoms with Crippen molar-refractivity contribution < 1.29 is 4.79 Å². The fourth-order valence-electron chi connectivity index (χ4n) is 1.96. The van der Waals surface area contributed by atoms with E-state index in [0.29, 0.717) is 6.54 Å². The minimum atomic E-state index is -0.0740. The van der Waals surface area contributed by atoms with Gasteiger partial charge in [-0.2, -0.15) is 5.10 Å². The summed E-state index contributed by atoms with van der Waals surface area (Å²) in [4.78, 5) is 12.7. The Morgan fingerprint density at radius 3 is 3.20 bits per heavy atom. The van der Waals surface area contributed by atoms with Crippen LogP contribution in [0.5, 0.6) is 0 Å². The van der Waals surface area contributed by atoms with E-state index in [0.717, 1.165) is 17.1 Å². The first-order valence-corrected chi connectivity index (χ1v) is 7.19. The number of hydrogen-bond acceptors (Lipinski definition) is 3. The Hall–Kier alpha value is -2.34. The first-order chi connectivity index (χ1) is 9.83. The van der Waals surface area contributed by atoms with Gasteiger partial charge in [0.1, 0.15) is 5.65 Å². The molecule has 1 N–H and O–H groups in total. The maximum absolute atomic E-state index is 11.7. The molecule has 3 aromatic rings. The molecule has 6 heteroatoms. The second kappa shape index (κ2) is 5.75. The molecule has 0 aliphatic carbocycles. The summed E-state index contributed by atoms with van der Waals surface area (Å²) >= 11 is 1.61. The average Bonchev–Trinajstić information content (AvgIpc) is 3.15. The molecule has 0 radical (unpaired) electrons. The third-order valence-electron chi connectivity index (χ3n) is 2.93. The van der Waals surface area contributed by atoms with Gasteiger partial charge in [0.15, 0.2) is 0 Å². The zero-order valence-corrected chi connectivity index (χ0v) is 11.6. The van der Waals surface area contributed by atoms with Crippen molar-refractivity contribution in [3.63, 3.8) is 0 Å². The molecule has 0 fully saturated rings. The third-order valence-corrected chi connectivity index (χ3v) is 3.76. The van der Waals surface area contributed by atoms with Gasteiger partial charge in [-0.1, -0.05) is 6.07 Å². The number of nitrogens with one attached hydrogen (secondary N) is 1. The number of carbonyl (C=O) groups excluding carboxylic acids is 1. The van der Waals surface area contributed by atoms with Crippen LogP contribution in [-0.2, 0) is 11.3 Å². The summed E-state index contributed by atoms with van der Waals surface area (Å²) in [5.41, 5.74) is 1.02. The summed E-state index contributed by atoms with van der Waals surface area (Å²) in [5.74, 6) is -0.0740. The molecule has 0 aromatic carbocycles. The Kier molecular flexibility index (Phi) is 3.64. The molecule has 3 heterocycles. The van der Waals surface area contributed by atoms with Gasteiger partial charge in [-0.15, -0.1) is 11.3 Å². The van der Waals surface area contributed by atoms with Crippen molar-refractivity contribution in [1.29, 1.82) is 0 Å². The van der Waals surface area contributed by atoms with Crippen molar-refractivity contribution in [1.82, 2.24) is 19.5 Å². The van der Waals surface area contributed by atoms with E-state index in [1.165, 1.54) is 0 Å². The fraction of sp³-hybridized carbons (Fsp3) is 0.143. The largest absolute Gasteiger partial charge is 0.351 e. The van der Waals surface area contributed by atoms with Gasteiger partial charge >= 0.3 is 0 Å². The minimum absolute atomic E-state index is 0.0740. The molecular weight excluding hydrogens is 272 g/mol. The predicted molar refractivity (Wildman–Crippen MR) is 79.5 cm³/mol. The molecule has 0 saturated heterocycles. The van der Waals surface area contributed by atoms with Crippen molar-refractivity contribution in [2.24, 2.45) is 0 Å². The number of hydrogen-bond donors (Lipinski definition) is 1. The van der Waals surface area contributed by atoms with Gasteiger partial charge in [0.2, 0.25) is 5.91 Å². The Morgan fingerprint density at radius 2 is 2.35 bits per heavy atom. The van der Waals surface area contributed by atoms with Gasteiger partial charge in [-0.05, 0) is 17.5 Å². The molecule has 3 aromatic heterocycles. The first-order valence-electron chi connectivity index (χ1n) is 6.31. The highest BCUT2D eigenvalue weighted by Gasteiger charge is 2.01. The van der Waals surface area contributed by atoms with E-state index < -0.39 is 0 Å². The number of nitrogens with zero attached hydrogens (tertiary/aromatic N) is 3. The van der Waals surface area contributed by atoms with E-state index in [1.807, 2.05) is 42.0 Å². The molecule has 20 heavy (non-hydrogen) atoms. The number of carbonyl (C=O) groups is 1. The Morgan fingerprint density at radius 1 is 1.40 bits per heavy atom. The van der Waals surface area contributed by atoms with Crippen LogP contribution in [0.1, 0.15) is 4.88 Å². The molecule has 0 spiro atoms. The Bertz CT molecular complexity index is 723. The quantitative estimate of drug-likeness (QED) is 0.730. The van der Waals surface area contributed by atoms with Gasteiger partial charge in [-0.3, -0.25) is 4.79 Å². The van der Waals surface area contributed by atoms with Gasteiger partial charge in [0.25, 0.3) is 0 Å². The van der Waals surface area contributed by atoms with Crippen molar-refractivity contribution in [2.75, 3.05) is 6.54 Å². The van der Waals surface area contributed by atoms with Crippen molar-refractivity contribution in [3.05, 3.63) is 53.1 Å². The van der Waals surface area contributed by atoms with Crippen LogP contribution in [-0.4, -0.2) is 26.6 Å². The number of aromatic nitrogens is 3. The lowest BCUT2D eigenvalue weighted by Crippen LogP contribution is -2.25. The fourth-order valence-corrected chi connectivity index (χ4v) is 2.58. The van der Waals surface area contributed by atoms with Crippen LogP contribution >= 0.6 is 11.3 Å². The molecule has 3 rings (SSSR count). The van der Waals surface area contributed by atoms with Gasteiger partial charge in [0.05, 0.1) is 6.20 Å². The molecule has 1 amide bonds. The lowest BCUT2D eigenvalue weighted by Gasteiger charge is -2.04. The summed E-state index contributed by atoms with van der Waals surface area (Å²) in [6.07, 6.45) is 9.00. The smallest absolute Gasteiger partial charge is 0.244 e. The molecule has 0 saturated carbocycles. The highest BCUT2D eigenvalue weighted by Crippen LogP contribution is 2.09. The minimum Gasteiger partial charge on any atom is -0.351 e. The van der Waals surface area contributed by atoms with Gasteiger partial charge in [-0.25, -0.2) is 4.52 Å². The highest BCUT2D eigenvalue weighted by molar-refractivity contribution is 7.10. The monoisotopic (exact) mass is 286 g/mol. The lowest BCUT2D eigenvalue weighted by molar-refractivity contribution is -0.116. The number of imidazole rings is 1. The van der Waals surface area contributed by atoms with E-state index in [9.17, 15) is 4.79 Å². The van der Waals surface area contributed by atoms with Crippen LogP contribution in [0, 0.1) is 0 Å². The molecule has 0 unspecified atom stereocenters. The Balaban J connectivity index is 1.50. The van der Waals surface area contributed by atoms with Crippen molar-refractivity contribution in [2.45, 2.75) is 6.54 Å². The van der Waals surface area contributed by atoms with Crippen LogP contribution in [0.3, 0.4) is 0 Å². The van der Waals surface area contributed by atoms with Gasteiger partial charge < -0.3 is 9.88 Å². The van der Waals surface area contributed by atoms with E-state index >= 15 is 0 Å². The second-order valence-electron chi connectivity index (χ2n) is 4.27. The van der Waals surface area contributed by atoms with E-state index in [1.54, 1.807) is 28.1 Å². The standard InChI is InChI=1S/C14H14N4OS/c19-13(4-3-12-2-1-11-20-12)15-7-8-17-9-10-18-14(17)5-6-16-18/h1-6,9-11H,7-8H2,(H,15,19)/b4-3+. The van der Waals surface area contributed by atoms with Gasteiger partial charge in [0, 0.05) is 42.5 Å². The van der Waals surface area contributed by atoms with E-state index in [4.69, 9.17) is 0 Å². The average molecular weight is 286 g/mol. The molecule has 0 aliphatic rings. The molecular formula is C14H14N4OS. The predicted octanol–water partition coefficient (Wildman–Crippen LogP) is 2.03. The normalized spacial score (nSPS) is 11.4. The van der Waals surface area contributed by atoms with Crippen LogP contribution in [0.4, 0.5) is 0 Å². The van der Waals surface area contributed by atoms with Crippen LogP contribution in [0.25, 0.3) is 11.7 Å². The molecule has 102 valence electrons. The molecule has 0 bridgehead atoms. The summed E-state index contributed by atoms with van der Waals surface area (Å²) in [7, 11) is 0. The summed E-state index contributed by atoms with van der Waals surface area (Å²) in [6, 6.07) is 5.88. The zero-order chi connectivity index (χ0) is 13.8. The number of rotatable bonds is 5. The number of fused-ring (bicyclic) bond motifs is 1. The lowest BCUT2D eigenvalue weighted by atomic mass is 10.4. The summed E-state index contributed by atoms with van der Waals surface area (Å²) in [6.45, 7) is 1.31. The third kappa shape index (κ3) is 2.80. The first kappa shape index (κ1) is 12.7. The van der Waals surface area contributed by atoms with E-state index in [-0.39, 0.29) is 5.91 Å². The second-order valence-corrected chi connectivity index (χ2v) is 5.24. The SMILES string of the molecule is O=C(/C=C/c1cccs1)NCCn1ccn2nccc12. The maximum Gasteiger partial charge on any atom is 0.244 e. The van der Waals surface area contributed by atoms with Crippen LogP contribution in [0.2, 0.25) is 0 Å². The van der Waals surface area contributed by atoms with Crippen LogP contribution in [0.15, 0.2) is 48.2 Å². The highest BCUT2D eigenvalue weighted by atomic mass is 32.1. The van der Waals surface area contributed by atoms with Crippen molar-refractivity contribution in [3.8, 4) is 0 Å². The molecule has 5 nitrogen and oxygen atoms in total. The summed E-state index contributed by atoms with van der Waals surface area (Å²) < 4.78 is 3.86. The van der Waals surface area contributed by atoms with E-state index in [2.05, 4.69) is 15.0 Å². The summed E-state index contributed by atoms with van der Waals surface area (Å²) in [5, 5.41) is 8.99. The Labute approximate surface area is 120 Å². The molecule has 0 aliphatic heterocycles. The van der Waals surface area contributed by atoms with Crippen molar-refractivity contribution >= 4 is 29.0 Å². The van der Waals surface area contributed by atoms with Crippen LogP contribution < -0.4 is 5.32 Å².